The number of alkyl halides is 1. The van der Waals surface area contributed by atoms with Crippen molar-refractivity contribution in [2.75, 3.05) is 13.1 Å². The van der Waals surface area contributed by atoms with Gasteiger partial charge in [0.15, 0.2) is 0 Å². The Kier molecular flexibility index (Phi) is 4.59. The van der Waals surface area contributed by atoms with Crippen LogP contribution in [0.5, 0.6) is 0 Å². The monoisotopic (exact) mass is 229 g/mol. The van der Waals surface area contributed by atoms with Crippen molar-refractivity contribution >= 4 is 0 Å². The number of likely N-dealkylation sites (tertiary alicyclic amines) is 1. The van der Waals surface area contributed by atoms with Gasteiger partial charge in [-0.25, -0.2) is 4.39 Å². The zero-order valence-electron chi connectivity index (χ0n) is 10.1. The minimum Gasteiger partial charge on any atom is -0.393 e. The van der Waals surface area contributed by atoms with Gasteiger partial charge >= 0.3 is 0 Å². The van der Waals surface area contributed by atoms with E-state index >= 15 is 0 Å². The molecule has 94 valence electrons. The Morgan fingerprint density at radius 1 is 0.875 bits per heavy atom. The maximum absolute atomic E-state index is 13.4. The van der Waals surface area contributed by atoms with Crippen molar-refractivity contribution in [3.05, 3.63) is 0 Å². The fraction of sp³-hybridized carbons (Fsp3) is 1.00. The molecule has 16 heavy (non-hydrogen) atoms. The first kappa shape index (κ1) is 12.3. The topological polar surface area (TPSA) is 23.5 Å². The van der Waals surface area contributed by atoms with E-state index in [1.807, 2.05) is 0 Å². The van der Waals surface area contributed by atoms with E-state index in [2.05, 4.69) is 4.90 Å². The molecule has 2 nitrogen and oxygen atoms in total. The third kappa shape index (κ3) is 3.42. The van der Waals surface area contributed by atoms with Crippen molar-refractivity contribution in [1.29, 1.82) is 0 Å². The molecule has 0 aromatic heterocycles. The maximum atomic E-state index is 13.4. The predicted octanol–water partition coefficient (Wildman–Crippen LogP) is 2.50. The Balaban J connectivity index is 1.82. The van der Waals surface area contributed by atoms with Crippen molar-refractivity contribution in [1.82, 2.24) is 4.90 Å². The Bertz CT molecular complexity index is 204. The summed E-state index contributed by atoms with van der Waals surface area (Å²) in [6.07, 6.45) is 7.09. The van der Waals surface area contributed by atoms with Crippen molar-refractivity contribution in [3.8, 4) is 0 Å². The average Bonchev–Trinajstić information content (AvgIpc) is 2.26. The van der Waals surface area contributed by atoms with Gasteiger partial charge in [-0.3, -0.25) is 0 Å². The second-order valence-corrected chi connectivity index (χ2v) is 5.38. The van der Waals surface area contributed by atoms with Gasteiger partial charge in [0.1, 0.15) is 6.17 Å². The molecule has 1 aliphatic carbocycles. The molecule has 1 saturated heterocycles. The van der Waals surface area contributed by atoms with Crippen LogP contribution in [-0.2, 0) is 0 Å². The third-order valence-electron chi connectivity index (χ3n) is 4.13. The van der Waals surface area contributed by atoms with Crippen LogP contribution in [0.15, 0.2) is 0 Å². The smallest absolute Gasteiger partial charge is 0.100 e. The molecule has 0 aromatic carbocycles. The molecule has 2 atom stereocenters. The van der Waals surface area contributed by atoms with Gasteiger partial charge < -0.3 is 10.0 Å². The first-order chi connectivity index (χ1) is 7.75. The predicted molar refractivity (Wildman–Crippen MR) is 63.2 cm³/mol. The summed E-state index contributed by atoms with van der Waals surface area (Å²) >= 11 is 0. The summed E-state index contributed by atoms with van der Waals surface area (Å²) < 4.78 is 13.4. The summed E-state index contributed by atoms with van der Waals surface area (Å²) in [6.45, 7) is 2.01. The van der Waals surface area contributed by atoms with E-state index < -0.39 is 6.17 Å². The summed E-state index contributed by atoms with van der Waals surface area (Å²) in [7, 11) is 0. The molecule has 1 heterocycles. The van der Waals surface area contributed by atoms with Gasteiger partial charge in [-0.15, -0.1) is 0 Å². The number of piperidine rings is 1. The van der Waals surface area contributed by atoms with Gasteiger partial charge in [-0.2, -0.15) is 0 Å². The Morgan fingerprint density at radius 3 is 2.31 bits per heavy atom. The summed E-state index contributed by atoms with van der Waals surface area (Å²) in [4.78, 5) is 2.48. The van der Waals surface area contributed by atoms with Gasteiger partial charge in [-0.1, -0.05) is 12.8 Å². The first-order valence-corrected chi connectivity index (χ1v) is 6.82. The summed E-state index contributed by atoms with van der Waals surface area (Å²) in [5.41, 5.74) is 0. The fourth-order valence-electron chi connectivity index (χ4n) is 3.02. The molecule has 0 bridgehead atoms. The highest BCUT2D eigenvalue weighted by Gasteiger charge is 2.25. The van der Waals surface area contributed by atoms with Crippen LogP contribution in [-0.4, -0.2) is 41.4 Å². The third-order valence-corrected chi connectivity index (χ3v) is 4.13. The van der Waals surface area contributed by atoms with Gasteiger partial charge in [-0.05, 0) is 38.5 Å². The number of hydrogen-bond donors (Lipinski definition) is 1. The molecule has 0 amide bonds. The molecule has 1 N–H and O–H groups in total. The second-order valence-electron chi connectivity index (χ2n) is 5.38. The Morgan fingerprint density at radius 2 is 1.56 bits per heavy atom. The quantitative estimate of drug-likeness (QED) is 0.747. The largest absolute Gasteiger partial charge is 0.393 e. The molecule has 2 aliphatic rings. The van der Waals surface area contributed by atoms with E-state index in [1.54, 1.807) is 0 Å². The summed E-state index contributed by atoms with van der Waals surface area (Å²) in [6, 6.07) is 0.575. The van der Waals surface area contributed by atoms with E-state index in [0.717, 1.165) is 51.6 Å². The molecule has 0 aromatic rings. The zero-order chi connectivity index (χ0) is 11.4. The molecule has 0 spiro atoms. The molecule has 2 fully saturated rings. The van der Waals surface area contributed by atoms with Crippen LogP contribution in [0.2, 0.25) is 0 Å². The van der Waals surface area contributed by atoms with Crippen LogP contribution in [0, 0.1) is 0 Å². The molecule has 2 rings (SSSR count). The van der Waals surface area contributed by atoms with Crippen LogP contribution in [0.25, 0.3) is 0 Å². The number of nitrogens with zero attached hydrogens (tertiary/aromatic N) is 1. The van der Waals surface area contributed by atoms with Gasteiger partial charge in [0, 0.05) is 19.1 Å². The van der Waals surface area contributed by atoms with Gasteiger partial charge in [0.05, 0.1) is 6.10 Å². The van der Waals surface area contributed by atoms with Crippen molar-refractivity contribution in [2.45, 2.75) is 69.7 Å². The van der Waals surface area contributed by atoms with Crippen molar-refractivity contribution in [2.24, 2.45) is 0 Å². The number of halogens is 1. The number of rotatable bonds is 1. The van der Waals surface area contributed by atoms with E-state index in [-0.39, 0.29) is 6.10 Å². The van der Waals surface area contributed by atoms with Crippen LogP contribution >= 0.6 is 0 Å². The normalized spacial score (nSPS) is 35.6. The molecule has 2 unspecified atom stereocenters. The molecule has 0 radical (unpaired) electrons. The highest BCUT2D eigenvalue weighted by atomic mass is 19.1. The molecule has 1 saturated carbocycles. The number of aliphatic hydroxyl groups excluding tert-OH is 1. The van der Waals surface area contributed by atoms with Crippen LogP contribution in [0.4, 0.5) is 4.39 Å². The van der Waals surface area contributed by atoms with E-state index in [9.17, 15) is 9.50 Å². The van der Waals surface area contributed by atoms with Crippen LogP contribution in [0.1, 0.15) is 51.4 Å². The van der Waals surface area contributed by atoms with Gasteiger partial charge in [0.25, 0.3) is 0 Å². The summed E-state index contributed by atoms with van der Waals surface area (Å²) in [5.74, 6) is 0. The lowest BCUT2D eigenvalue weighted by atomic mass is 9.93. The Labute approximate surface area is 97.8 Å². The molecule has 1 aliphatic heterocycles. The van der Waals surface area contributed by atoms with E-state index in [1.165, 1.54) is 12.8 Å². The van der Waals surface area contributed by atoms with E-state index in [4.69, 9.17) is 0 Å². The second kappa shape index (κ2) is 5.97. The highest BCUT2D eigenvalue weighted by Crippen LogP contribution is 2.25. The number of aliphatic hydroxyl groups is 1. The highest BCUT2D eigenvalue weighted by molar-refractivity contribution is 4.80. The summed E-state index contributed by atoms with van der Waals surface area (Å²) in [5, 5.41) is 9.48. The average molecular weight is 229 g/mol. The molecular formula is C13H24FNO. The lowest BCUT2D eigenvalue weighted by molar-refractivity contribution is 0.0501. The lowest BCUT2D eigenvalue weighted by Crippen LogP contribution is -2.43. The maximum Gasteiger partial charge on any atom is 0.100 e. The first-order valence-electron chi connectivity index (χ1n) is 6.82. The van der Waals surface area contributed by atoms with Crippen LogP contribution in [0.3, 0.4) is 0 Å². The molecular weight excluding hydrogens is 205 g/mol. The minimum atomic E-state index is -0.571. The zero-order valence-corrected chi connectivity index (χ0v) is 10.1. The van der Waals surface area contributed by atoms with E-state index in [0.29, 0.717) is 6.04 Å². The SMILES string of the molecule is OC1CCN(C2CCCCC(F)CC2)CC1. The standard InChI is InChI=1S/C13H24FNO/c14-11-3-1-2-4-12(6-5-11)15-9-7-13(16)8-10-15/h11-13,16H,1-10H2. The van der Waals surface area contributed by atoms with Gasteiger partial charge in [0.2, 0.25) is 0 Å². The molecule has 3 heteroatoms. The number of hydrogen-bond acceptors (Lipinski definition) is 2. The van der Waals surface area contributed by atoms with Crippen LogP contribution < -0.4 is 0 Å². The van der Waals surface area contributed by atoms with Crippen molar-refractivity contribution < 1.29 is 9.50 Å². The Hall–Kier alpha value is -0.150. The fourth-order valence-corrected chi connectivity index (χ4v) is 3.02. The minimum absolute atomic E-state index is 0.0984. The van der Waals surface area contributed by atoms with Crippen molar-refractivity contribution in [3.63, 3.8) is 0 Å². The lowest BCUT2D eigenvalue weighted by Gasteiger charge is -2.37.